The molecule has 0 saturated carbocycles. The summed E-state index contributed by atoms with van der Waals surface area (Å²) in [6.07, 6.45) is 9.95. The van der Waals surface area contributed by atoms with Gasteiger partial charge in [0.15, 0.2) is 0 Å². The van der Waals surface area contributed by atoms with E-state index in [1.54, 1.807) is 32.9 Å². The molecule has 5 atom stereocenters. The third-order valence-electron chi connectivity index (χ3n) is 16.8. The van der Waals surface area contributed by atoms with Crippen LogP contribution < -0.4 is 10.2 Å². The van der Waals surface area contributed by atoms with E-state index in [9.17, 15) is 33.9 Å². The number of amides is 4. The minimum atomic E-state index is -0.516. The lowest BCUT2D eigenvalue weighted by molar-refractivity contribution is 0.0213. The van der Waals surface area contributed by atoms with Gasteiger partial charge in [0.2, 0.25) is 0 Å². The van der Waals surface area contributed by atoms with Gasteiger partial charge in [-0.3, -0.25) is 4.79 Å². The van der Waals surface area contributed by atoms with Crippen LogP contribution in [0.25, 0.3) is 0 Å². The second kappa shape index (κ2) is 36.2. The van der Waals surface area contributed by atoms with Gasteiger partial charge in [0.25, 0.3) is 0 Å². The maximum absolute atomic E-state index is 12.4. The minimum absolute atomic E-state index is 0.00440. The summed E-state index contributed by atoms with van der Waals surface area (Å²) in [5, 5.41) is 12.8. The molecule has 0 bridgehead atoms. The highest BCUT2D eigenvalue weighted by atomic mass is 16.6. The van der Waals surface area contributed by atoms with E-state index in [-0.39, 0.29) is 61.1 Å². The number of aldehydes is 1. The Morgan fingerprint density at radius 1 is 0.480 bits per heavy atom. The molecule has 4 amide bonds. The molecule has 5 fully saturated rings. The fourth-order valence-corrected chi connectivity index (χ4v) is 12.6. The zero-order valence-corrected chi connectivity index (χ0v) is 61.7. The molecule has 10 rings (SSSR count). The zero-order chi connectivity index (χ0) is 72.1. The predicted molar refractivity (Wildman–Crippen MR) is 386 cm³/mol. The topological polar surface area (TPSA) is 200 Å². The molecule has 19 nitrogen and oxygen atoms in total. The predicted octanol–water partition coefficient (Wildman–Crippen LogP) is 16.4. The van der Waals surface area contributed by atoms with E-state index < -0.39 is 22.4 Å². The van der Waals surface area contributed by atoms with Crippen LogP contribution in [0.15, 0.2) is 121 Å². The maximum Gasteiger partial charge on any atom is 0.410 e. The van der Waals surface area contributed by atoms with Crippen LogP contribution in [0.1, 0.15) is 237 Å². The monoisotopic (exact) mass is 1350 g/mol. The molecule has 19 heteroatoms. The van der Waals surface area contributed by atoms with Crippen molar-refractivity contribution in [2.24, 2.45) is 0 Å². The molecular formula is C79H113N7O12. The van der Waals surface area contributed by atoms with Crippen molar-refractivity contribution in [3.05, 3.63) is 171 Å². The lowest BCUT2D eigenvalue weighted by atomic mass is 10.0. The summed E-state index contributed by atoms with van der Waals surface area (Å²) in [6.45, 7) is 27.6. The third-order valence-corrected chi connectivity index (χ3v) is 16.8. The molecule has 5 aromatic rings. The van der Waals surface area contributed by atoms with Crippen LogP contribution in [0.4, 0.5) is 24.9 Å². The van der Waals surface area contributed by atoms with Gasteiger partial charge in [-0.1, -0.05) is 91.0 Å². The molecule has 5 heterocycles. The molecule has 5 unspecified atom stereocenters. The molecule has 5 aliphatic heterocycles. The first-order valence-corrected chi connectivity index (χ1v) is 34.8. The van der Waals surface area contributed by atoms with Crippen LogP contribution in [0.5, 0.6) is 0 Å². The van der Waals surface area contributed by atoms with Crippen LogP contribution in [0, 0.1) is 0 Å². The van der Waals surface area contributed by atoms with Gasteiger partial charge in [-0.15, -0.1) is 0 Å². The van der Waals surface area contributed by atoms with E-state index in [0.29, 0.717) is 30.3 Å². The number of aliphatic hydroxyl groups excluding tert-OH is 1. The van der Waals surface area contributed by atoms with Crippen LogP contribution >= 0.6 is 0 Å². The Morgan fingerprint density at radius 3 is 1.24 bits per heavy atom. The summed E-state index contributed by atoms with van der Waals surface area (Å²) in [4.78, 5) is 83.1. The van der Waals surface area contributed by atoms with Crippen LogP contribution in [-0.2, 0) is 36.8 Å². The van der Waals surface area contributed by atoms with Crippen LogP contribution in [0.3, 0.4) is 0 Å². The first-order chi connectivity index (χ1) is 46.2. The number of aliphatic hydroxyl groups is 1. The summed E-state index contributed by atoms with van der Waals surface area (Å²) >= 11 is 0. The number of carbonyl (C=O) groups is 6. The van der Waals surface area contributed by atoms with Crippen molar-refractivity contribution in [2.45, 2.75) is 213 Å². The van der Waals surface area contributed by atoms with E-state index >= 15 is 0 Å². The summed E-state index contributed by atoms with van der Waals surface area (Å²) in [5.74, 6) is -0.372. The van der Waals surface area contributed by atoms with E-state index in [1.165, 1.54) is 43.2 Å². The number of likely N-dealkylation sites (tertiary alicyclic amines) is 4. The quantitative estimate of drug-likeness (QED) is 0.0718. The third kappa shape index (κ3) is 25.1. The van der Waals surface area contributed by atoms with Gasteiger partial charge in [0.05, 0.1) is 43.4 Å². The molecule has 98 heavy (non-hydrogen) atoms. The van der Waals surface area contributed by atoms with Crippen molar-refractivity contribution in [3.63, 3.8) is 0 Å². The molecule has 5 saturated heterocycles. The van der Waals surface area contributed by atoms with E-state index in [4.69, 9.17) is 23.7 Å². The summed E-state index contributed by atoms with van der Waals surface area (Å²) < 4.78 is 26.7. The number of nitrogens with zero attached hydrogens (tertiary/aromatic N) is 6. The Bertz CT molecular complexity index is 3390. The Morgan fingerprint density at radius 2 is 0.857 bits per heavy atom. The molecule has 536 valence electrons. The number of benzene rings is 5. The van der Waals surface area contributed by atoms with Crippen molar-refractivity contribution in [2.75, 3.05) is 72.9 Å². The second-order valence-corrected chi connectivity index (χ2v) is 30.3. The number of nitrogens with one attached hydrogen (secondary N) is 1. The summed E-state index contributed by atoms with van der Waals surface area (Å²) in [6, 6.07) is 40.5. The number of carbonyl (C=O) groups excluding carboxylic acids is 6. The number of hydrogen-bond donors (Lipinski definition) is 2. The van der Waals surface area contributed by atoms with Crippen LogP contribution in [-0.4, -0.2) is 157 Å². The molecule has 5 aliphatic rings. The standard InChI is InChI=1S/C17H26N2O2.C17H23NO4.C16H23NO3.C16H21NO3.C13H20N2/c1-17(2,3)21-16(20)19-11-7-10-15(19)13-8-6-9-14(12-13)18(4)5;1-17(2,3)22-16(20)18-10-6-9-14(18)12-7-5-8-13(11-12)15(19)21-4;2*1-16(2,3)20-15(19)17-9-5-8-14(17)13-7-4-6-12(10-13)11-18;1-15(2)10-11-5-3-6-12(9-11)13-7-4-8-14-13/h6,8-9,12,15H,7,10-11H2,1-5H3;5,7-8,11,14H,6,9-10H2,1-4H3;4,6-7,10,14,18H,5,8-9,11H2,1-3H3;4,6-7,10-11,14H,5,8-9H2,1-3H3;3,5-6,9,13-14H,4,7-8,10H2,1-2H3. The maximum atomic E-state index is 12.4. The average molecular weight is 1350 g/mol. The molecule has 0 radical (unpaired) electrons. The van der Waals surface area contributed by atoms with Gasteiger partial charge in [0.1, 0.15) is 28.7 Å². The smallest absolute Gasteiger partial charge is 0.410 e. The second-order valence-electron chi connectivity index (χ2n) is 30.3. The number of rotatable bonds is 11. The summed E-state index contributed by atoms with van der Waals surface area (Å²) in [5.41, 5.74) is 8.28. The molecule has 2 N–H and O–H groups in total. The molecule has 5 aromatic carbocycles. The summed E-state index contributed by atoms with van der Waals surface area (Å²) in [7, 11) is 9.64. The van der Waals surface area contributed by atoms with Crippen molar-refractivity contribution in [3.8, 4) is 0 Å². The normalized spacial score (nSPS) is 19.1. The van der Waals surface area contributed by atoms with Gasteiger partial charge >= 0.3 is 30.3 Å². The zero-order valence-electron chi connectivity index (χ0n) is 61.7. The Labute approximate surface area is 584 Å². The van der Waals surface area contributed by atoms with Crippen molar-refractivity contribution < 1.29 is 57.6 Å². The molecule has 0 aromatic heterocycles. The van der Waals surface area contributed by atoms with E-state index in [2.05, 4.69) is 77.7 Å². The first kappa shape index (κ1) is 79.0. The minimum Gasteiger partial charge on any atom is -0.465 e. The van der Waals surface area contributed by atoms with E-state index in [1.807, 2.05) is 157 Å². The number of ether oxygens (including phenoxy) is 5. The number of hydrogen-bond acceptors (Lipinski definition) is 15. The molecule has 0 spiro atoms. The molecular weight excluding hydrogens is 1240 g/mol. The Kier molecular flexibility index (Phi) is 29.2. The Hall–Kier alpha value is -8.00. The largest absolute Gasteiger partial charge is 0.465 e. The average Bonchev–Trinajstić information content (AvgIpc) is 1.64. The van der Waals surface area contributed by atoms with E-state index in [0.717, 1.165) is 105 Å². The van der Waals surface area contributed by atoms with Gasteiger partial charge in [-0.05, 0) is 237 Å². The van der Waals surface area contributed by atoms with Gasteiger partial charge < -0.3 is 63.5 Å². The van der Waals surface area contributed by atoms with Crippen LogP contribution in [0.2, 0.25) is 0 Å². The van der Waals surface area contributed by atoms with Crippen molar-refractivity contribution in [1.29, 1.82) is 0 Å². The Balaban J connectivity index is 0.000000194. The highest BCUT2D eigenvalue weighted by Crippen LogP contribution is 2.38. The van der Waals surface area contributed by atoms with Gasteiger partial charge in [0, 0.05) is 64.1 Å². The number of esters is 1. The highest BCUT2D eigenvalue weighted by Gasteiger charge is 2.37. The lowest BCUT2D eigenvalue weighted by Crippen LogP contribution is -2.36. The lowest BCUT2D eigenvalue weighted by Gasteiger charge is -2.29. The van der Waals surface area contributed by atoms with Crippen molar-refractivity contribution >= 4 is 42.3 Å². The van der Waals surface area contributed by atoms with Gasteiger partial charge in [-0.2, -0.15) is 0 Å². The van der Waals surface area contributed by atoms with Crippen molar-refractivity contribution in [1.82, 2.24) is 29.8 Å². The van der Waals surface area contributed by atoms with Gasteiger partial charge in [-0.25, -0.2) is 24.0 Å². The number of methoxy groups -OCH3 is 1. The highest BCUT2D eigenvalue weighted by molar-refractivity contribution is 5.89. The SMILES string of the molecule is CC(C)(C)OC(=O)N1CCCC1c1cccc(C=O)c1.CC(C)(C)OC(=O)N1CCCC1c1cccc(CO)c1.CN(C)Cc1cccc(C2CCCN2)c1.CN(C)c1cccc(C2CCCN2C(=O)OC(C)(C)C)c1.COC(=O)c1cccc(C2CCCN2C(=O)OC(C)(C)C)c1. The fourth-order valence-electron chi connectivity index (χ4n) is 12.6. The number of anilines is 1. The molecule has 0 aliphatic carbocycles. The first-order valence-electron chi connectivity index (χ1n) is 34.8. The fraction of sp³-hybridized carbons (Fsp3) is 0.544.